The van der Waals surface area contributed by atoms with E-state index in [0.717, 1.165) is 0 Å². The lowest BCUT2D eigenvalue weighted by Gasteiger charge is -2.19. The van der Waals surface area contributed by atoms with Crippen molar-refractivity contribution in [3.63, 3.8) is 0 Å². The number of rotatable bonds is 3. The van der Waals surface area contributed by atoms with Gasteiger partial charge in [-0.3, -0.25) is 0 Å². The van der Waals surface area contributed by atoms with Crippen molar-refractivity contribution in [1.29, 1.82) is 0 Å². The highest BCUT2D eigenvalue weighted by molar-refractivity contribution is 7.26. The maximum Gasteiger partial charge on any atom is 0.0433 e. The monoisotopic (exact) mass is 662 g/mol. The molecule has 10 aromatic carbocycles. The maximum atomic E-state index is 2.43. The average Bonchev–Trinajstić information content (AvgIpc) is 3.56. The predicted molar refractivity (Wildman–Crippen MR) is 223 cm³/mol. The van der Waals surface area contributed by atoms with Crippen LogP contribution in [-0.4, -0.2) is 0 Å². The van der Waals surface area contributed by atoms with E-state index in [1.54, 1.807) is 0 Å². The lowest BCUT2D eigenvalue weighted by Crippen LogP contribution is -1.92. The van der Waals surface area contributed by atoms with Crippen molar-refractivity contribution >= 4 is 85.4 Å². The topological polar surface area (TPSA) is 0 Å². The van der Waals surface area contributed by atoms with E-state index in [-0.39, 0.29) is 0 Å². The molecule has 0 saturated heterocycles. The van der Waals surface area contributed by atoms with Crippen LogP contribution in [0.5, 0.6) is 0 Å². The molecule has 0 spiro atoms. The Bertz CT molecular complexity index is 3130. The molecule has 0 aliphatic heterocycles. The first-order valence-electron chi connectivity index (χ1n) is 17.6. The highest BCUT2D eigenvalue weighted by atomic mass is 32.1. The molecule has 0 saturated carbocycles. The van der Waals surface area contributed by atoms with Gasteiger partial charge in [-0.15, -0.1) is 11.3 Å². The van der Waals surface area contributed by atoms with E-state index in [2.05, 4.69) is 182 Å². The van der Waals surface area contributed by atoms with Crippen molar-refractivity contribution in [1.82, 2.24) is 0 Å². The molecule has 11 rings (SSSR count). The molecule has 0 bridgehead atoms. The van der Waals surface area contributed by atoms with Crippen LogP contribution in [0, 0.1) is 0 Å². The lowest BCUT2D eigenvalue weighted by molar-refractivity contribution is 1.64. The molecule has 0 aliphatic rings. The van der Waals surface area contributed by atoms with E-state index in [1.807, 2.05) is 11.3 Å². The molecule has 1 heteroatoms. The van der Waals surface area contributed by atoms with Gasteiger partial charge < -0.3 is 0 Å². The Morgan fingerprint density at radius 3 is 1.57 bits per heavy atom. The number of fused-ring (bicyclic) bond motifs is 9. The zero-order valence-electron chi connectivity index (χ0n) is 27.7. The first-order valence-corrected chi connectivity index (χ1v) is 18.4. The Balaban J connectivity index is 1.14. The van der Waals surface area contributed by atoms with Crippen LogP contribution < -0.4 is 0 Å². The van der Waals surface area contributed by atoms with Gasteiger partial charge in [0.05, 0.1) is 0 Å². The summed E-state index contributed by atoms with van der Waals surface area (Å²) >= 11 is 1.91. The Morgan fingerprint density at radius 1 is 0.275 bits per heavy atom. The largest absolute Gasteiger partial charge is 0.135 e. The third-order valence-corrected chi connectivity index (χ3v) is 12.0. The molecule has 11 aromatic rings. The van der Waals surface area contributed by atoms with Crippen LogP contribution in [0.1, 0.15) is 0 Å². The van der Waals surface area contributed by atoms with Crippen molar-refractivity contribution < 1.29 is 0 Å². The zero-order valence-corrected chi connectivity index (χ0v) is 28.5. The maximum absolute atomic E-state index is 2.43. The summed E-state index contributed by atoms with van der Waals surface area (Å²) < 4.78 is 2.70. The fourth-order valence-corrected chi connectivity index (χ4v) is 9.80. The Hall–Kier alpha value is -6.28. The second kappa shape index (κ2) is 11.1. The van der Waals surface area contributed by atoms with Gasteiger partial charge in [0.25, 0.3) is 0 Å². The number of thiophene rings is 1. The van der Waals surface area contributed by atoms with E-state index in [1.165, 1.54) is 107 Å². The van der Waals surface area contributed by atoms with Crippen LogP contribution in [0.4, 0.5) is 0 Å². The minimum atomic E-state index is 1.23. The first kappa shape index (κ1) is 28.5. The van der Waals surface area contributed by atoms with Crippen LogP contribution in [-0.2, 0) is 0 Å². The van der Waals surface area contributed by atoms with Crippen molar-refractivity contribution in [3.8, 4) is 33.4 Å². The molecule has 1 heterocycles. The molecule has 1 aromatic heterocycles. The third-order valence-electron chi connectivity index (χ3n) is 10.8. The zero-order chi connectivity index (χ0) is 33.5. The number of hydrogen-bond acceptors (Lipinski definition) is 1. The molecule has 0 unspecified atom stereocenters. The number of benzene rings is 10. The molecule has 0 amide bonds. The fourth-order valence-electron chi connectivity index (χ4n) is 8.54. The summed E-state index contributed by atoms with van der Waals surface area (Å²) in [4.78, 5) is 0. The summed E-state index contributed by atoms with van der Waals surface area (Å²) in [5.74, 6) is 0. The van der Waals surface area contributed by atoms with E-state index in [0.29, 0.717) is 0 Å². The second-order valence-corrected chi connectivity index (χ2v) is 14.6. The average molecular weight is 663 g/mol. The van der Waals surface area contributed by atoms with Crippen molar-refractivity contribution in [2.24, 2.45) is 0 Å². The number of hydrogen-bond donors (Lipinski definition) is 0. The minimum Gasteiger partial charge on any atom is -0.135 e. The summed E-state index contributed by atoms with van der Waals surface area (Å²) in [6.07, 6.45) is 0. The minimum absolute atomic E-state index is 1.23. The second-order valence-electron chi connectivity index (χ2n) is 13.6. The van der Waals surface area contributed by atoms with Gasteiger partial charge in [0.1, 0.15) is 0 Å². The first-order chi connectivity index (χ1) is 25.3. The molecule has 0 atom stereocenters. The summed E-state index contributed by atoms with van der Waals surface area (Å²) in [5.41, 5.74) is 7.58. The Kier molecular flexibility index (Phi) is 6.22. The van der Waals surface area contributed by atoms with Crippen LogP contribution in [0.25, 0.3) is 107 Å². The van der Waals surface area contributed by atoms with E-state index >= 15 is 0 Å². The van der Waals surface area contributed by atoms with Gasteiger partial charge in [-0.2, -0.15) is 0 Å². The Morgan fingerprint density at radius 2 is 0.824 bits per heavy atom. The fraction of sp³-hybridized carbons (Fsp3) is 0. The highest BCUT2D eigenvalue weighted by Gasteiger charge is 2.19. The van der Waals surface area contributed by atoms with Gasteiger partial charge in [0.2, 0.25) is 0 Å². The van der Waals surface area contributed by atoms with Crippen LogP contribution in [0.3, 0.4) is 0 Å². The van der Waals surface area contributed by atoms with E-state index in [4.69, 9.17) is 0 Å². The standard InChI is InChI=1S/C50H30S/c1-3-18-36-31(12-1)14-10-25-39(36)49-42-22-7-5-20-40(42)48(41-21-6-8-23-43(41)49)35-17-9-15-33(28-35)37-24-11-16-34-29-46-44-27-26-32-13-2-4-19-38(32)50(44)51-47(46)30-45(34)37/h1-30H. The smallest absolute Gasteiger partial charge is 0.0433 e. The Labute approximate surface area is 299 Å². The van der Waals surface area contributed by atoms with Crippen molar-refractivity contribution in [3.05, 3.63) is 182 Å². The summed E-state index contributed by atoms with van der Waals surface area (Å²) in [6, 6.07) is 67.5. The molecular weight excluding hydrogens is 633 g/mol. The third kappa shape index (κ3) is 4.32. The molecule has 0 aliphatic carbocycles. The normalized spacial score (nSPS) is 11.9. The lowest BCUT2D eigenvalue weighted by atomic mass is 9.84. The molecule has 0 radical (unpaired) electrons. The SMILES string of the molecule is c1cc(-c2cccc3cc4c(cc23)sc2c3ccccc3ccc42)cc(-c2c3ccccc3c(-c3cccc4ccccc34)c3ccccc23)c1. The van der Waals surface area contributed by atoms with Gasteiger partial charge in [0.15, 0.2) is 0 Å². The van der Waals surface area contributed by atoms with Crippen LogP contribution in [0.15, 0.2) is 182 Å². The molecule has 0 nitrogen and oxygen atoms in total. The van der Waals surface area contributed by atoms with E-state index in [9.17, 15) is 0 Å². The summed E-state index contributed by atoms with van der Waals surface area (Å²) in [7, 11) is 0. The molecule has 0 fully saturated rings. The van der Waals surface area contributed by atoms with Crippen LogP contribution in [0.2, 0.25) is 0 Å². The summed E-state index contributed by atoms with van der Waals surface area (Å²) in [5, 5.41) is 15.5. The van der Waals surface area contributed by atoms with Crippen molar-refractivity contribution in [2.75, 3.05) is 0 Å². The predicted octanol–water partition coefficient (Wildman–Crippen LogP) is 14.8. The highest BCUT2D eigenvalue weighted by Crippen LogP contribution is 2.47. The van der Waals surface area contributed by atoms with Gasteiger partial charge >= 0.3 is 0 Å². The molecule has 236 valence electrons. The molecule has 51 heavy (non-hydrogen) atoms. The molecule has 0 N–H and O–H groups in total. The van der Waals surface area contributed by atoms with Gasteiger partial charge in [0, 0.05) is 20.2 Å². The quantitative estimate of drug-likeness (QED) is 0.165. The van der Waals surface area contributed by atoms with Gasteiger partial charge in [-0.1, -0.05) is 164 Å². The summed E-state index contributed by atoms with van der Waals surface area (Å²) in [6.45, 7) is 0. The van der Waals surface area contributed by atoms with Gasteiger partial charge in [-0.05, 0) is 105 Å². The van der Waals surface area contributed by atoms with Crippen molar-refractivity contribution in [2.45, 2.75) is 0 Å². The van der Waals surface area contributed by atoms with E-state index < -0.39 is 0 Å². The molecular formula is C50H30S. The van der Waals surface area contributed by atoms with Gasteiger partial charge in [-0.25, -0.2) is 0 Å². The van der Waals surface area contributed by atoms with Crippen LogP contribution >= 0.6 is 11.3 Å².